The number of nitrogens with zero attached hydrogens (tertiary/aromatic N) is 1. The van der Waals surface area contributed by atoms with Gasteiger partial charge < -0.3 is 4.74 Å². The monoisotopic (exact) mass is 366 g/mol. The smallest absolute Gasteiger partial charge is 0.277 e. The number of amides is 1. The van der Waals surface area contributed by atoms with Crippen molar-refractivity contribution in [3.8, 4) is 5.75 Å². The van der Waals surface area contributed by atoms with Gasteiger partial charge in [-0.2, -0.15) is 5.10 Å². The van der Waals surface area contributed by atoms with Crippen LogP contribution >= 0.6 is 27.5 Å². The Labute approximate surface area is 135 Å². The van der Waals surface area contributed by atoms with Crippen LogP contribution < -0.4 is 10.2 Å². The van der Waals surface area contributed by atoms with Crippen molar-refractivity contribution in [2.75, 3.05) is 6.61 Å². The van der Waals surface area contributed by atoms with Gasteiger partial charge >= 0.3 is 0 Å². The number of carbonyl (C=O) groups excluding carboxylic acids is 1. The summed E-state index contributed by atoms with van der Waals surface area (Å²) in [6.45, 7) is -0.133. The van der Waals surface area contributed by atoms with Crippen molar-refractivity contribution in [2.24, 2.45) is 5.10 Å². The summed E-state index contributed by atoms with van der Waals surface area (Å²) in [5, 5.41) is 4.44. The van der Waals surface area contributed by atoms with Crippen LogP contribution in [0.5, 0.6) is 5.75 Å². The Morgan fingerprint density at radius 3 is 2.76 bits per heavy atom. The van der Waals surface area contributed by atoms with Gasteiger partial charge in [0.05, 0.1) is 10.7 Å². The van der Waals surface area contributed by atoms with Gasteiger partial charge in [0.1, 0.15) is 5.75 Å². The SMILES string of the molecule is O=C(COc1ccc(Cl)cc1Br)N/N=C/c1ccccc1. The molecule has 1 amide bonds. The van der Waals surface area contributed by atoms with Crippen LogP contribution in [0.3, 0.4) is 0 Å². The molecule has 0 aromatic heterocycles. The number of hydrogen-bond acceptors (Lipinski definition) is 3. The average Bonchev–Trinajstić information content (AvgIpc) is 2.47. The van der Waals surface area contributed by atoms with E-state index in [-0.39, 0.29) is 12.5 Å². The molecule has 0 saturated carbocycles. The van der Waals surface area contributed by atoms with Crippen LogP contribution in [-0.4, -0.2) is 18.7 Å². The lowest BCUT2D eigenvalue weighted by molar-refractivity contribution is -0.123. The molecule has 0 aliphatic heterocycles. The molecular weight excluding hydrogens is 356 g/mol. The largest absolute Gasteiger partial charge is 0.483 e. The van der Waals surface area contributed by atoms with Crippen LogP contribution in [0.15, 0.2) is 58.1 Å². The number of halogens is 2. The third kappa shape index (κ3) is 5.21. The first-order chi connectivity index (χ1) is 10.1. The standard InChI is InChI=1S/C15H12BrClN2O2/c16-13-8-12(17)6-7-14(13)21-10-15(20)19-18-9-11-4-2-1-3-5-11/h1-9H,10H2,(H,19,20)/b18-9+. The Morgan fingerprint density at radius 2 is 2.05 bits per heavy atom. The van der Waals surface area contributed by atoms with E-state index < -0.39 is 0 Å². The Morgan fingerprint density at radius 1 is 1.29 bits per heavy atom. The van der Waals surface area contributed by atoms with Crippen LogP contribution in [0.4, 0.5) is 0 Å². The zero-order valence-corrected chi connectivity index (χ0v) is 13.3. The van der Waals surface area contributed by atoms with E-state index in [4.69, 9.17) is 16.3 Å². The van der Waals surface area contributed by atoms with Gasteiger partial charge in [-0.05, 0) is 39.7 Å². The minimum absolute atomic E-state index is 0.133. The van der Waals surface area contributed by atoms with E-state index in [1.54, 1.807) is 24.4 Å². The molecule has 0 heterocycles. The second-order valence-corrected chi connectivity index (χ2v) is 5.36. The van der Waals surface area contributed by atoms with Crippen molar-refractivity contribution in [2.45, 2.75) is 0 Å². The molecule has 0 spiro atoms. The molecule has 2 aromatic carbocycles. The molecule has 0 atom stereocenters. The van der Waals surface area contributed by atoms with E-state index in [1.807, 2.05) is 30.3 Å². The molecule has 2 aromatic rings. The number of hydrogen-bond donors (Lipinski definition) is 1. The molecule has 0 bridgehead atoms. The van der Waals surface area contributed by atoms with E-state index in [2.05, 4.69) is 26.5 Å². The predicted octanol–water partition coefficient (Wildman–Crippen LogP) is 3.63. The molecule has 6 heteroatoms. The van der Waals surface area contributed by atoms with Crippen LogP contribution in [0.2, 0.25) is 5.02 Å². The maximum Gasteiger partial charge on any atom is 0.277 e. The molecule has 1 N–H and O–H groups in total. The zero-order chi connectivity index (χ0) is 15.1. The molecule has 2 rings (SSSR count). The maximum atomic E-state index is 11.6. The molecule has 0 radical (unpaired) electrons. The lowest BCUT2D eigenvalue weighted by atomic mass is 10.2. The van der Waals surface area contributed by atoms with Crippen molar-refractivity contribution in [1.29, 1.82) is 0 Å². The van der Waals surface area contributed by atoms with E-state index in [0.29, 0.717) is 15.2 Å². The quantitative estimate of drug-likeness (QED) is 0.648. The Kier molecular flexibility index (Phi) is 5.78. The first-order valence-electron chi connectivity index (χ1n) is 6.10. The van der Waals surface area contributed by atoms with Crippen molar-refractivity contribution in [3.63, 3.8) is 0 Å². The third-order valence-electron chi connectivity index (χ3n) is 2.46. The molecule has 0 fully saturated rings. The molecular formula is C15H12BrClN2O2. The van der Waals surface area contributed by atoms with Crippen molar-refractivity contribution in [1.82, 2.24) is 5.43 Å². The Hall–Kier alpha value is -1.85. The van der Waals surface area contributed by atoms with Crippen molar-refractivity contribution in [3.05, 3.63) is 63.6 Å². The van der Waals surface area contributed by atoms with Gasteiger partial charge in [0, 0.05) is 5.02 Å². The number of ether oxygens (including phenoxy) is 1. The summed E-state index contributed by atoms with van der Waals surface area (Å²) in [4.78, 5) is 11.6. The van der Waals surface area contributed by atoms with Gasteiger partial charge in [-0.1, -0.05) is 41.9 Å². The number of rotatable bonds is 5. The molecule has 0 aliphatic rings. The van der Waals surface area contributed by atoms with Gasteiger partial charge in [0.25, 0.3) is 5.91 Å². The van der Waals surface area contributed by atoms with Crippen LogP contribution in [0, 0.1) is 0 Å². The lowest BCUT2D eigenvalue weighted by Crippen LogP contribution is -2.24. The summed E-state index contributed by atoms with van der Waals surface area (Å²) in [7, 11) is 0. The van der Waals surface area contributed by atoms with Crippen LogP contribution in [0.25, 0.3) is 0 Å². The van der Waals surface area contributed by atoms with E-state index in [1.165, 1.54) is 0 Å². The van der Waals surface area contributed by atoms with E-state index in [9.17, 15) is 4.79 Å². The molecule has 0 unspecified atom stereocenters. The fourth-order valence-electron chi connectivity index (χ4n) is 1.49. The van der Waals surface area contributed by atoms with Crippen LogP contribution in [0.1, 0.15) is 5.56 Å². The van der Waals surface area contributed by atoms with Gasteiger partial charge in [0.15, 0.2) is 6.61 Å². The minimum Gasteiger partial charge on any atom is -0.483 e. The van der Waals surface area contributed by atoms with Gasteiger partial charge in [-0.15, -0.1) is 0 Å². The fourth-order valence-corrected chi connectivity index (χ4v) is 2.28. The number of nitrogens with one attached hydrogen (secondary N) is 1. The lowest BCUT2D eigenvalue weighted by Gasteiger charge is -2.07. The van der Waals surface area contributed by atoms with Gasteiger partial charge in [-0.25, -0.2) is 5.43 Å². The van der Waals surface area contributed by atoms with E-state index >= 15 is 0 Å². The van der Waals surface area contributed by atoms with E-state index in [0.717, 1.165) is 5.56 Å². The highest BCUT2D eigenvalue weighted by atomic mass is 79.9. The molecule has 21 heavy (non-hydrogen) atoms. The number of benzene rings is 2. The van der Waals surface area contributed by atoms with Crippen molar-refractivity contribution < 1.29 is 9.53 Å². The maximum absolute atomic E-state index is 11.6. The number of hydrazone groups is 1. The summed E-state index contributed by atoms with van der Waals surface area (Å²) < 4.78 is 6.06. The average molecular weight is 368 g/mol. The topological polar surface area (TPSA) is 50.7 Å². The molecule has 4 nitrogen and oxygen atoms in total. The number of carbonyl (C=O) groups is 1. The highest BCUT2D eigenvalue weighted by Gasteiger charge is 2.05. The summed E-state index contributed by atoms with van der Waals surface area (Å²) in [6.07, 6.45) is 1.57. The van der Waals surface area contributed by atoms with Crippen molar-refractivity contribution >= 4 is 39.7 Å². The highest BCUT2D eigenvalue weighted by Crippen LogP contribution is 2.27. The normalized spacial score (nSPS) is 10.6. The summed E-state index contributed by atoms with van der Waals surface area (Å²) in [5.41, 5.74) is 3.30. The van der Waals surface area contributed by atoms with Gasteiger partial charge in [-0.3, -0.25) is 4.79 Å². The molecule has 0 saturated heterocycles. The first-order valence-corrected chi connectivity index (χ1v) is 7.27. The Balaban J connectivity index is 1.81. The highest BCUT2D eigenvalue weighted by molar-refractivity contribution is 9.10. The molecule has 108 valence electrons. The summed E-state index contributed by atoms with van der Waals surface area (Å²) in [6, 6.07) is 14.5. The zero-order valence-electron chi connectivity index (χ0n) is 10.9. The minimum atomic E-state index is -0.343. The second kappa shape index (κ2) is 7.81. The van der Waals surface area contributed by atoms with Crippen LogP contribution in [-0.2, 0) is 4.79 Å². The second-order valence-electron chi connectivity index (χ2n) is 4.07. The summed E-state index contributed by atoms with van der Waals surface area (Å²) in [5.74, 6) is 0.200. The van der Waals surface area contributed by atoms with Gasteiger partial charge in [0.2, 0.25) is 0 Å². The third-order valence-corrected chi connectivity index (χ3v) is 3.31. The Bertz CT molecular complexity index is 647. The fraction of sp³-hybridized carbons (Fsp3) is 0.0667. The first kappa shape index (κ1) is 15.5. The summed E-state index contributed by atoms with van der Waals surface area (Å²) >= 11 is 9.13. The predicted molar refractivity (Wildman–Crippen MR) is 86.8 cm³/mol. The molecule has 0 aliphatic carbocycles.